The average Bonchev–Trinajstić information content (AvgIpc) is 1.61. The number of rotatable bonds is 3. The maximum absolute atomic E-state index is 10.9. The zero-order valence-electron chi connectivity index (χ0n) is 3.73. The summed E-state index contributed by atoms with van der Waals surface area (Å²) in [5, 5.41) is 0. The van der Waals surface area contributed by atoms with Crippen LogP contribution in [0.5, 0.6) is 0 Å². The molecule has 0 aliphatic carbocycles. The van der Waals surface area contributed by atoms with Gasteiger partial charge in [-0.25, -0.2) is 0 Å². The minimum absolute atomic E-state index is 0. The van der Waals surface area contributed by atoms with Gasteiger partial charge in [0.1, 0.15) is 0 Å². The molecule has 52 valence electrons. The van der Waals surface area contributed by atoms with Crippen LogP contribution < -0.4 is 5.73 Å². The number of alkyl halides is 2. The monoisotopic (exact) mass is 127 g/mol. The van der Waals surface area contributed by atoms with E-state index in [4.69, 9.17) is 5.73 Å². The number of nitrogens with two attached hydrogens (primary N) is 1. The summed E-state index contributed by atoms with van der Waals surface area (Å²) in [4.78, 5) is 0. The van der Waals surface area contributed by atoms with Crippen LogP contribution in [0.3, 0.4) is 0 Å². The Hall–Kier alpha value is -0.220. The predicted molar refractivity (Wildman–Crippen MR) is 27.7 cm³/mol. The van der Waals surface area contributed by atoms with Crippen molar-refractivity contribution in [2.45, 2.75) is 14.0 Å². The Labute approximate surface area is 47.6 Å². The zero-order valence-corrected chi connectivity index (χ0v) is 3.73. The first kappa shape index (κ1) is 10.7. The van der Waals surface area contributed by atoms with Crippen molar-refractivity contribution in [3.63, 3.8) is 0 Å². The van der Waals surface area contributed by atoms with E-state index < -0.39 is 6.61 Å². The van der Waals surface area contributed by atoms with E-state index in [1.54, 1.807) is 0 Å². The molecule has 0 bridgehead atoms. The van der Waals surface area contributed by atoms with E-state index in [0.717, 1.165) is 0 Å². The Morgan fingerprint density at radius 1 is 1.50 bits per heavy atom. The van der Waals surface area contributed by atoms with Crippen LogP contribution in [-0.2, 0) is 4.74 Å². The molecular weight excluding hydrogens is 116 g/mol. The molecule has 0 amide bonds. The fourth-order valence-electron chi connectivity index (χ4n) is 0.157. The van der Waals surface area contributed by atoms with Crippen LogP contribution in [0.15, 0.2) is 0 Å². The topological polar surface area (TPSA) is 35.2 Å². The zero-order chi connectivity index (χ0) is 5.70. The molecule has 0 aliphatic heterocycles. The van der Waals surface area contributed by atoms with Crippen molar-refractivity contribution >= 4 is 0 Å². The van der Waals surface area contributed by atoms with E-state index in [1.165, 1.54) is 0 Å². The number of hydrogen-bond acceptors (Lipinski definition) is 2. The van der Waals surface area contributed by atoms with Gasteiger partial charge >= 0.3 is 6.61 Å². The number of halogens is 2. The molecule has 0 saturated heterocycles. The highest BCUT2D eigenvalue weighted by Crippen LogP contribution is 1.90. The van der Waals surface area contributed by atoms with E-state index in [-0.39, 0.29) is 20.6 Å². The summed E-state index contributed by atoms with van der Waals surface area (Å²) in [6.07, 6.45) is 0. The van der Waals surface area contributed by atoms with Crippen molar-refractivity contribution in [2.75, 3.05) is 13.2 Å². The molecule has 2 N–H and O–H groups in total. The first-order valence-corrected chi connectivity index (χ1v) is 1.87. The summed E-state index contributed by atoms with van der Waals surface area (Å²) in [7, 11) is 0. The third kappa shape index (κ3) is 9.24. The fraction of sp³-hybridized carbons (Fsp3) is 1.00. The molecule has 0 unspecified atom stereocenters. The molecule has 0 aromatic heterocycles. The third-order valence-electron chi connectivity index (χ3n) is 0.362. The van der Waals surface area contributed by atoms with Crippen LogP contribution in [0.2, 0.25) is 0 Å². The van der Waals surface area contributed by atoms with E-state index in [2.05, 4.69) is 4.74 Å². The van der Waals surface area contributed by atoms with Crippen LogP contribution >= 0.6 is 0 Å². The Morgan fingerprint density at radius 3 is 2.12 bits per heavy atom. The van der Waals surface area contributed by atoms with Gasteiger partial charge in [0.25, 0.3) is 0 Å². The smallest absolute Gasteiger partial charge is 0.328 e. The summed E-state index contributed by atoms with van der Waals surface area (Å²) in [6, 6.07) is 0. The molecule has 0 saturated carbocycles. The molecule has 4 heteroatoms. The van der Waals surface area contributed by atoms with Crippen LogP contribution in [0.4, 0.5) is 8.78 Å². The minimum Gasteiger partial charge on any atom is -0.328 e. The van der Waals surface area contributed by atoms with E-state index in [0.29, 0.717) is 0 Å². The SMILES string of the molecule is C.NCCOC(F)F. The highest BCUT2D eigenvalue weighted by molar-refractivity contribution is 4.25. The van der Waals surface area contributed by atoms with Crippen molar-refractivity contribution in [3.8, 4) is 0 Å². The van der Waals surface area contributed by atoms with Crippen molar-refractivity contribution in [3.05, 3.63) is 0 Å². The quantitative estimate of drug-likeness (QED) is 0.609. The Morgan fingerprint density at radius 2 is 2.00 bits per heavy atom. The van der Waals surface area contributed by atoms with Crippen LogP contribution in [0, 0.1) is 0 Å². The molecular formula is C4H11F2NO. The van der Waals surface area contributed by atoms with Crippen LogP contribution in [0.25, 0.3) is 0 Å². The van der Waals surface area contributed by atoms with Gasteiger partial charge in [0, 0.05) is 6.54 Å². The van der Waals surface area contributed by atoms with Gasteiger partial charge in [-0.15, -0.1) is 0 Å². The van der Waals surface area contributed by atoms with E-state index in [9.17, 15) is 8.78 Å². The second-order valence-electron chi connectivity index (χ2n) is 0.920. The van der Waals surface area contributed by atoms with Gasteiger partial charge in [-0.1, -0.05) is 7.43 Å². The largest absolute Gasteiger partial charge is 0.345 e. The third-order valence-corrected chi connectivity index (χ3v) is 0.362. The lowest BCUT2D eigenvalue weighted by atomic mass is 10.7. The van der Waals surface area contributed by atoms with E-state index >= 15 is 0 Å². The molecule has 8 heavy (non-hydrogen) atoms. The normalized spacial score (nSPS) is 9.00. The van der Waals surface area contributed by atoms with Gasteiger partial charge in [-0.2, -0.15) is 8.78 Å². The van der Waals surface area contributed by atoms with Gasteiger partial charge in [0.2, 0.25) is 0 Å². The van der Waals surface area contributed by atoms with Crippen molar-refractivity contribution in [2.24, 2.45) is 5.73 Å². The average molecular weight is 127 g/mol. The maximum Gasteiger partial charge on any atom is 0.345 e. The Balaban J connectivity index is 0. The molecule has 0 heterocycles. The van der Waals surface area contributed by atoms with Crippen molar-refractivity contribution < 1.29 is 13.5 Å². The van der Waals surface area contributed by atoms with Crippen molar-refractivity contribution in [1.29, 1.82) is 0 Å². The summed E-state index contributed by atoms with van der Waals surface area (Å²) in [5.41, 5.74) is 4.82. The number of ether oxygens (including phenoxy) is 1. The summed E-state index contributed by atoms with van der Waals surface area (Å²) in [5.74, 6) is 0. The Bertz CT molecular complexity index is 43.0. The number of hydrogen-bond donors (Lipinski definition) is 1. The fourth-order valence-corrected chi connectivity index (χ4v) is 0.157. The highest BCUT2D eigenvalue weighted by Gasteiger charge is 1.96. The van der Waals surface area contributed by atoms with Gasteiger partial charge in [0.05, 0.1) is 6.61 Å². The molecule has 2 nitrogen and oxygen atoms in total. The Kier molecular flexibility index (Phi) is 9.07. The van der Waals surface area contributed by atoms with Crippen molar-refractivity contribution in [1.82, 2.24) is 0 Å². The standard InChI is InChI=1S/C3H7F2NO.CH4/c4-3(5)7-2-1-6;/h3H,1-2,6H2;1H4. The predicted octanol–water partition coefficient (Wildman–Crippen LogP) is 0.820. The maximum atomic E-state index is 10.9. The van der Waals surface area contributed by atoms with Gasteiger partial charge in [-0.3, -0.25) is 0 Å². The summed E-state index contributed by atoms with van der Waals surface area (Å²) < 4.78 is 25.6. The first-order chi connectivity index (χ1) is 3.27. The highest BCUT2D eigenvalue weighted by atomic mass is 19.3. The molecule has 0 aromatic rings. The molecule has 0 fully saturated rings. The first-order valence-electron chi connectivity index (χ1n) is 1.87. The lowest BCUT2D eigenvalue weighted by Crippen LogP contribution is -2.10. The second-order valence-corrected chi connectivity index (χ2v) is 0.920. The molecule has 0 rings (SSSR count). The molecule has 0 radical (unpaired) electrons. The summed E-state index contributed by atoms with van der Waals surface area (Å²) >= 11 is 0. The van der Waals surface area contributed by atoms with Crippen LogP contribution in [-0.4, -0.2) is 19.8 Å². The summed E-state index contributed by atoms with van der Waals surface area (Å²) in [6.45, 7) is -2.61. The van der Waals surface area contributed by atoms with E-state index in [1.807, 2.05) is 0 Å². The lowest BCUT2D eigenvalue weighted by Gasteiger charge is -1.95. The van der Waals surface area contributed by atoms with Crippen LogP contribution in [0.1, 0.15) is 7.43 Å². The lowest BCUT2D eigenvalue weighted by molar-refractivity contribution is -0.126. The molecule has 0 aromatic carbocycles. The molecule has 0 atom stereocenters. The van der Waals surface area contributed by atoms with Gasteiger partial charge in [0.15, 0.2) is 0 Å². The second kappa shape index (κ2) is 6.78. The van der Waals surface area contributed by atoms with Gasteiger partial charge in [-0.05, 0) is 0 Å². The molecule has 0 aliphatic rings. The van der Waals surface area contributed by atoms with Gasteiger partial charge < -0.3 is 10.5 Å². The molecule has 0 spiro atoms. The minimum atomic E-state index is -2.68.